The maximum atomic E-state index is 4.90. The van der Waals surface area contributed by atoms with Crippen molar-refractivity contribution in [1.29, 1.82) is 0 Å². The fraction of sp³-hybridized carbons (Fsp3) is 0.941. The molecular formula is C17H34IN5. The van der Waals surface area contributed by atoms with Gasteiger partial charge in [0.2, 0.25) is 0 Å². The zero-order chi connectivity index (χ0) is 15.4. The Bertz CT molecular complexity index is 381. The molecule has 3 atom stereocenters. The van der Waals surface area contributed by atoms with Crippen LogP contribution < -0.4 is 10.6 Å². The average molecular weight is 435 g/mol. The van der Waals surface area contributed by atoms with Gasteiger partial charge < -0.3 is 10.6 Å². The predicted octanol–water partition coefficient (Wildman–Crippen LogP) is 1.74. The Labute approximate surface area is 158 Å². The van der Waals surface area contributed by atoms with Crippen molar-refractivity contribution in [3.05, 3.63) is 0 Å². The van der Waals surface area contributed by atoms with Crippen LogP contribution in [0.4, 0.5) is 0 Å². The quantitative estimate of drug-likeness (QED) is 0.401. The number of guanidine groups is 1. The number of rotatable bonds is 4. The average Bonchev–Trinajstić information content (AvgIpc) is 2.54. The number of hydrogen-bond acceptors (Lipinski definition) is 3. The van der Waals surface area contributed by atoms with Gasteiger partial charge in [-0.1, -0.05) is 19.8 Å². The Hall–Kier alpha value is -0.0800. The highest BCUT2D eigenvalue weighted by Gasteiger charge is 2.31. The van der Waals surface area contributed by atoms with Gasteiger partial charge in [0.1, 0.15) is 0 Å². The lowest BCUT2D eigenvalue weighted by atomic mass is 9.87. The summed E-state index contributed by atoms with van der Waals surface area (Å²) in [5, 5.41) is 7.11. The van der Waals surface area contributed by atoms with E-state index in [1.54, 1.807) is 0 Å². The van der Waals surface area contributed by atoms with Crippen molar-refractivity contribution in [2.24, 2.45) is 10.9 Å². The van der Waals surface area contributed by atoms with Crippen LogP contribution in [0.5, 0.6) is 0 Å². The van der Waals surface area contributed by atoms with E-state index < -0.39 is 0 Å². The first-order chi connectivity index (χ1) is 10.7. The molecule has 1 aliphatic carbocycles. The lowest BCUT2D eigenvalue weighted by Gasteiger charge is -2.47. The molecule has 0 radical (unpaired) electrons. The van der Waals surface area contributed by atoms with Crippen LogP contribution in [0.2, 0.25) is 0 Å². The van der Waals surface area contributed by atoms with E-state index in [4.69, 9.17) is 4.99 Å². The monoisotopic (exact) mass is 435 g/mol. The van der Waals surface area contributed by atoms with Crippen LogP contribution in [0.3, 0.4) is 0 Å². The minimum absolute atomic E-state index is 0. The summed E-state index contributed by atoms with van der Waals surface area (Å²) in [6.07, 6.45) is 5.31. The second-order valence-electron chi connectivity index (χ2n) is 7.32. The fourth-order valence-corrected chi connectivity index (χ4v) is 4.17. The third kappa shape index (κ3) is 5.46. The van der Waals surface area contributed by atoms with Crippen LogP contribution in [0.15, 0.2) is 4.99 Å². The molecule has 3 unspecified atom stereocenters. The van der Waals surface area contributed by atoms with Gasteiger partial charge in [0, 0.05) is 51.4 Å². The minimum atomic E-state index is 0. The summed E-state index contributed by atoms with van der Waals surface area (Å²) in [6, 6.07) is 1.22. The van der Waals surface area contributed by atoms with E-state index in [9.17, 15) is 0 Å². The van der Waals surface area contributed by atoms with E-state index in [1.807, 2.05) is 0 Å². The van der Waals surface area contributed by atoms with Crippen LogP contribution in [0.25, 0.3) is 0 Å². The van der Waals surface area contributed by atoms with E-state index in [1.165, 1.54) is 58.4 Å². The third-order valence-corrected chi connectivity index (χ3v) is 5.47. The molecule has 23 heavy (non-hydrogen) atoms. The highest BCUT2D eigenvalue weighted by molar-refractivity contribution is 14.0. The fourth-order valence-electron chi connectivity index (χ4n) is 4.17. The molecule has 3 heterocycles. The number of nitrogens with zero attached hydrogens (tertiary/aromatic N) is 3. The normalized spacial score (nSPS) is 37.1. The van der Waals surface area contributed by atoms with Gasteiger partial charge in [-0.15, -0.1) is 24.0 Å². The molecule has 4 rings (SSSR count). The molecule has 3 saturated heterocycles. The minimum Gasteiger partial charge on any atom is -0.357 e. The molecule has 0 aromatic heterocycles. The van der Waals surface area contributed by atoms with Crippen molar-refractivity contribution in [1.82, 2.24) is 20.4 Å². The third-order valence-electron chi connectivity index (χ3n) is 5.47. The van der Waals surface area contributed by atoms with Gasteiger partial charge in [0.15, 0.2) is 5.96 Å². The van der Waals surface area contributed by atoms with E-state index >= 15 is 0 Å². The molecule has 134 valence electrons. The Balaban J connectivity index is 0.00000192. The van der Waals surface area contributed by atoms with E-state index in [0.717, 1.165) is 25.0 Å². The summed E-state index contributed by atoms with van der Waals surface area (Å²) in [7, 11) is 0. The molecule has 4 fully saturated rings. The van der Waals surface area contributed by atoms with Crippen LogP contribution in [0, 0.1) is 5.92 Å². The molecule has 2 bridgehead atoms. The summed E-state index contributed by atoms with van der Waals surface area (Å²) >= 11 is 0. The summed E-state index contributed by atoms with van der Waals surface area (Å²) < 4.78 is 0. The molecule has 0 aromatic carbocycles. The van der Waals surface area contributed by atoms with Gasteiger partial charge in [-0.25, -0.2) is 0 Å². The maximum Gasteiger partial charge on any atom is 0.191 e. The van der Waals surface area contributed by atoms with Gasteiger partial charge in [0.25, 0.3) is 0 Å². The van der Waals surface area contributed by atoms with Crippen molar-refractivity contribution < 1.29 is 0 Å². The van der Waals surface area contributed by atoms with Crippen molar-refractivity contribution in [2.45, 2.75) is 51.6 Å². The molecule has 0 amide bonds. The number of halogens is 1. The van der Waals surface area contributed by atoms with Crippen molar-refractivity contribution in [2.75, 3.05) is 45.8 Å². The van der Waals surface area contributed by atoms with Crippen LogP contribution in [0.1, 0.15) is 39.5 Å². The van der Waals surface area contributed by atoms with Crippen LogP contribution >= 0.6 is 24.0 Å². The van der Waals surface area contributed by atoms with Gasteiger partial charge in [-0.2, -0.15) is 0 Å². The molecule has 5 nitrogen and oxygen atoms in total. The SMILES string of the molecule is CCNC(=NCC1CN2CCN1CC2)NC1CCCC(C)C1.I. The number of nitrogens with one attached hydrogen (secondary N) is 2. The zero-order valence-corrected chi connectivity index (χ0v) is 17.1. The first-order valence-corrected chi connectivity index (χ1v) is 9.26. The topological polar surface area (TPSA) is 42.9 Å². The Morgan fingerprint density at radius 2 is 1.96 bits per heavy atom. The summed E-state index contributed by atoms with van der Waals surface area (Å²) in [6.45, 7) is 12.5. The zero-order valence-electron chi connectivity index (χ0n) is 14.8. The Morgan fingerprint density at radius 1 is 1.17 bits per heavy atom. The van der Waals surface area contributed by atoms with E-state index in [0.29, 0.717) is 12.1 Å². The largest absolute Gasteiger partial charge is 0.357 e. The first kappa shape index (κ1) is 19.2. The van der Waals surface area contributed by atoms with E-state index in [-0.39, 0.29) is 24.0 Å². The summed E-state index contributed by atoms with van der Waals surface area (Å²) in [5.41, 5.74) is 0. The summed E-state index contributed by atoms with van der Waals surface area (Å²) in [4.78, 5) is 10.1. The smallest absolute Gasteiger partial charge is 0.191 e. The number of piperazine rings is 3. The molecule has 0 spiro atoms. The number of hydrogen-bond donors (Lipinski definition) is 2. The van der Waals surface area contributed by atoms with Gasteiger partial charge in [-0.3, -0.25) is 14.8 Å². The molecule has 2 N–H and O–H groups in total. The van der Waals surface area contributed by atoms with Gasteiger partial charge >= 0.3 is 0 Å². The standard InChI is InChI=1S/C17H33N5.HI/c1-3-18-17(20-15-6-4-5-14(2)11-15)19-12-16-13-21-7-9-22(16)10-8-21;/h14-16H,3-13H2,1-2H3,(H2,18,19,20);1H. The van der Waals surface area contributed by atoms with Crippen molar-refractivity contribution >= 4 is 29.9 Å². The number of aliphatic imine (C=N–C) groups is 1. The molecule has 6 heteroatoms. The van der Waals surface area contributed by atoms with Gasteiger partial charge in [-0.05, 0) is 25.7 Å². The summed E-state index contributed by atoms with van der Waals surface area (Å²) in [5.74, 6) is 1.88. The molecule has 3 aliphatic heterocycles. The van der Waals surface area contributed by atoms with Crippen LogP contribution in [-0.4, -0.2) is 73.7 Å². The Morgan fingerprint density at radius 3 is 2.57 bits per heavy atom. The molecule has 1 saturated carbocycles. The lowest BCUT2D eigenvalue weighted by Crippen LogP contribution is -2.62. The molecular weight excluding hydrogens is 401 g/mol. The Kier molecular flexibility index (Phi) is 7.88. The second-order valence-corrected chi connectivity index (χ2v) is 7.32. The highest BCUT2D eigenvalue weighted by Crippen LogP contribution is 2.23. The molecule has 0 aromatic rings. The molecule has 4 aliphatic rings. The van der Waals surface area contributed by atoms with Crippen molar-refractivity contribution in [3.63, 3.8) is 0 Å². The van der Waals surface area contributed by atoms with Crippen molar-refractivity contribution in [3.8, 4) is 0 Å². The predicted molar refractivity (Wildman–Crippen MR) is 108 cm³/mol. The highest BCUT2D eigenvalue weighted by atomic mass is 127. The van der Waals surface area contributed by atoms with Crippen LogP contribution in [-0.2, 0) is 0 Å². The maximum absolute atomic E-state index is 4.90. The second kappa shape index (κ2) is 9.42. The van der Waals surface area contributed by atoms with Gasteiger partial charge in [0.05, 0.1) is 6.54 Å². The van der Waals surface area contributed by atoms with E-state index in [2.05, 4.69) is 34.3 Å². The number of fused-ring (bicyclic) bond motifs is 3. The lowest BCUT2D eigenvalue weighted by molar-refractivity contribution is 0.0174. The first-order valence-electron chi connectivity index (χ1n) is 9.26.